The van der Waals surface area contributed by atoms with Gasteiger partial charge in [-0.05, 0) is 81.8 Å². The van der Waals surface area contributed by atoms with Crippen molar-refractivity contribution in [2.24, 2.45) is 22.2 Å². The number of rotatable bonds is 15. The van der Waals surface area contributed by atoms with Crippen molar-refractivity contribution in [2.45, 2.75) is 49.6 Å². The normalized spacial score (nSPS) is 11.7. The van der Waals surface area contributed by atoms with Crippen LogP contribution in [0.3, 0.4) is 0 Å². The molecule has 1 heterocycles. The van der Waals surface area contributed by atoms with Gasteiger partial charge in [-0.2, -0.15) is 4.98 Å². The average molecular weight is 489 g/mol. The average Bonchev–Trinajstić information content (AvgIpc) is 2.82. The molecule has 0 saturated heterocycles. The zero-order valence-electron chi connectivity index (χ0n) is 19.7. The number of benzene rings is 1. The van der Waals surface area contributed by atoms with Crippen LogP contribution >= 0.6 is 11.8 Å². The fourth-order valence-electron chi connectivity index (χ4n) is 3.41. The highest BCUT2D eigenvalue weighted by Gasteiger charge is 2.10. The quantitative estimate of drug-likeness (QED) is 0.108. The van der Waals surface area contributed by atoms with Crippen LogP contribution in [0.1, 0.15) is 42.5 Å². The van der Waals surface area contributed by atoms with Crippen molar-refractivity contribution in [1.29, 1.82) is 0 Å². The van der Waals surface area contributed by atoms with Crippen LogP contribution in [-0.2, 0) is 6.54 Å². The number of hydrogen-bond acceptors (Lipinski definition) is 7. The first-order chi connectivity index (χ1) is 16.4. The lowest BCUT2D eigenvalue weighted by Gasteiger charge is -2.18. The van der Waals surface area contributed by atoms with Gasteiger partial charge in [0.15, 0.2) is 5.96 Å². The van der Waals surface area contributed by atoms with E-state index in [1.54, 1.807) is 40.7 Å². The van der Waals surface area contributed by atoms with Gasteiger partial charge in [-0.1, -0.05) is 0 Å². The van der Waals surface area contributed by atoms with Gasteiger partial charge in [0.1, 0.15) is 5.82 Å². The molecule has 11 heteroatoms. The van der Waals surface area contributed by atoms with Gasteiger partial charge in [-0.3, -0.25) is 14.4 Å². The Morgan fingerprint density at radius 3 is 2.53 bits per heavy atom. The van der Waals surface area contributed by atoms with Crippen LogP contribution in [0, 0.1) is 0 Å². The molecule has 10 nitrogen and oxygen atoms in total. The number of nitrogens with zero attached hydrogens (tertiary/aromatic N) is 3. The zero-order chi connectivity index (χ0) is 24.8. The van der Waals surface area contributed by atoms with Crippen LogP contribution in [0.5, 0.6) is 0 Å². The number of amides is 1. The van der Waals surface area contributed by atoms with Crippen molar-refractivity contribution < 1.29 is 4.79 Å². The van der Waals surface area contributed by atoms with Gasteiger partial charge in [0.2, 0.25) is 0 Å². The summed E-state index contributed by atoms with van der Waals surface area (Å²) in [7, 11) is 0. The fourth-order valence-corrected chi connectivity index (χ4v) is 3.82. The molecular formula is C23H36N8O2S. The summed E-state index contributed by atoms with van der Waals surface area (Å²) >= 11 is 1.60. The first kappa shape index (κ1) is 27.4. The lowest BCUT2D eigenvalue weighted by Crippen LogP contribution is -2.32. The van der Waals surface area contributed by atoms with E-state index in [-0.39, 0.29) is 17.7 Å². The zero-order valence-corrected chi connectivity index (χ0v) is 20.5. The Kier molecular flexibility index (Phi) is 12.1. The Labute approximate surface area is 204 Å². The second-order valence-corrected chi connectivity index (χ2v) is 8.74. The number of nitrogens with one attached hydrogen (secondary N) is 2. The highest BCUT2D eigenvalue weighted by atomic mass is 32.2. The Hall–Kier alpha value is -2.89. The lowest BCUT2D eigenvalue weighted by molar-refractivity contribution is 0.102. The van der Waals surface area contributed by atoms with Gasteiger partial charge in [0, 0.05) is 35.8 Å². The monoisotopic (exact) mass is 488 g/mol. The van der Waals surface area contributed by atoms with Gasteiger partial charge < -0.3 is 27.8 Å². The minimum atomic E-state index is -0.393. The molecule has 0 spiro atoms. The van der Waals surface area contributed by atoms with Crippen LogP contribution in [0.4, 0.5) is 5.82 Å². The van der Waals surface area contributed by atoms with E-state index in [1.807, 2.05) is 18.4 Å². The number of guanidine groups is 1. The van der Waals surface area contributed by atoms with E-state index in [9.17, 15) is 9.59 Å². The van der Waals surface area contributed by atoms with Crippen molar-refractivity contribution in [1.82, 2.24) is 14.9 Å². The van der Waals surface area contributed by atoms with Crippen LogP contribution in [0.15, 0.2) is 51.2 Å². The Morgan fingerprint density at radius 2 is 1.88 bits per heavy atom. The highest BCUT2D eigenvalue weighted by Crippen LogP contribution is 2.15. The molecule has 0 fully saturated rings. The van der Waals surface area contributed by atoms with E-state index in [0.29, 0.717) is 31.2 Å². The SMILES string of the molecule is CSc1ccc(C(=O)Nc2ccn(CCCC(CCCN=C(N)N)NCCCN)c(=O)n2)cc1. The molecule has 34 heavy (non-hydrogen) atoms. The molecule has 0 aliphatic heterocycles. The summed E-state index contributed by atoms with van der Waals surface area (Å²) in [6, 6.07) is 9.19. The lowest BCUT2D eigenvalue weighted by atomic mass is 10.1. The maximum absolute atomic E-state index is 12.4. The number of aliphatic imine (C=N–C) groups is 1. The van der Waals surface area contributed by atoms with Gasteiger partial charge in [0.05, 0.1) is 0 Å². The summed E-state index contributed by atoms with van der Waals surface area (Å²) < 4.78 is 1.55. The Bertz CT molecular complexity index is 974. The standard InChI is InChI=1S/C23H36N8O2S/c1-34-19-9-7-17(8-10-19)21(32)29-20-11-16-31(23(33)30-20)15-3-6-18(27-14-4-12-24)5-2-13-28-22(25)26/h7-11,16,18,27H,2-6,12-15,24H2,1H3,(H4,25,26,28)(H,29,30,32,33). The topological polar surface area (TPSA) is 166 Å². The maximum Gasteiger partial charge on any atom is 0.349 e. The maximum atomic E-state index is 12.4. The van der Waals surface area contributed by atoms with Crippen molar-refractivity contribution >= 4 is 29.4 Å². The number of carbonyl (C=O) groups excluding carboxylic acids is 1. The van der Waals surface area contributed by atoms with Gasteiger partial charge in [-0.15, -0.1) is 11.8 Å². The van der Waals surface area contributed by atoms with Crippen molar-refractivity contribution in [3.05, 3.63) is 52.6 Å². The molecule has 0 saturated carbocycles. The molecule has 1 unspecified atom stereocenters. The van der Waals surface area contributed by atoms with Gasteiger partial charge >= 0.3 is 5.69 Å². The third kappa shape index (κ3) is 9.94. The van der Waals surface area contributed by atoms with E-state index in [0.717, 1.165) is 43.5 Å². The highest BCUT2D eigenvalue weighted by molar-refractivity contribution is 7.98. The number of aryl methyl sites for hydroxylation is 1. The summed E-state index contributed by atoms with van der Waals surface area (Å²) in [5.41, 5.74) is 16.5. The first-order valence-corrected chi connectivity index (χ1v) is 12.7. The van der Waals surface area contributed by atoms with E-state index in [2.05, 4.69) is 20.6 Å². The first-order valence-electron chi connectivity index (χ1n) is 11.4. The van der Waals surface area contributed by atoms with Crippen molar-refractivity contribution in [3.8, 4) is 0 Å². The number of carbonyl (C=O) groups is 1. The number of nitrogens with two attached hydrogens (primary N) is 3. The molecule has 1 aromatic carbocycles. The Balaban J connectivity index is 1.87. The van der Waals surface area contributed by atoms with Crippen LogP contribution in [-0.4, -0.2) is 53.3 Å². The fraction of sp³-hybridized carbons (Fsp3) is 0.478. The summed E-state index contributed by atoms with van der Waals surface area (Å²) in [6.45, 7) is 2.62. The minimum Gasteiger partial charge on any atom is -0.370 e. The van der Waals surface area contributed by atoms with Crippen molar-refractivity contribution in [2.75, 3.05) is 31.2 Å². The molecule has 1 atom stereocenters. The molecule has 1 aromatic heterocycles. The van der Waals surface area contributed by atoms with Gasteiger partial charge in [-0.25, -0.2) is 4.79 Å². The second-order valence-electron chi connectivity index (χ2n) is 7.86. The van der Waals surface area contributed by atoms with E-state index < -0.39 is 5.69 Å². The number of hydrogen-bond donors (Lipinski definition) is 5. The van der Waals surface area contributed by atoms with Crippen LogP contribution in [0.25, 0.3) is 0 Å². The minimum absolute atomic E-state index is 0.104. The number of aromatic nitrogens is 2. The Morgan fingerprint density at radius 1 is 1.15 bits per heavy atom. The van der Waals surface area contributed by atoms with E-state index in [1.165, 1.54) is 0 Å². The largest absolute Gasteiger partial charge is 0.370 e. The number of thioether (sulfide) groups is 1. The molecule has 0 aliphatic rings. The molecule has 0 radical (unpaired) electrons. The molecule has 2 aromatic rings. The second kappa shape index (κ2) is 15.1. The smallest absolute Gasteiger partial charge is 0.349 e. The van der Waals surface area contributed by atoms with Crippen LogP contribution < -0.4 is 33.5 Å². The van der Waals surface area contributed by atoms with E-state index in [4.69, 9.17) is 17.2 Å². The summed E-state index contributed by atoms with van der Waals surface area (Å²) in [5.74, 6) is 0.0401. The third-order valence-electron chi connectivity index (χ3n) is 5.24. The summed E-state index contributed by atoms with van der Waals surface area (Å²) in [5, 5.41) is 6.20. The van der Waals surface area contributed by atoms with E-state index >= 15 is 0 Å². The summed E-state index contributed by atoms with van der Waals surface area (Å²) in [6.07, 6.45) is 8.04. The number of anilines is 1. The third-order valence-corrected chi connectivity index (χ3v) is 5.98. The molecule has 186 valence electrons. The summed E-state index contributed by atoms with van der Waals surface area (Å²) in [4.78, 5) is 34.0. The molecule has 0 bridgehead atoms. The molecule has 8 N–H and O–H groups in total. The molecule has 0 aliphatic carbocycles. The van der Waals surface area contributed by atoms with Crippen LogP contribution in [0.2, 0.25) is 0 Å². The van der Waals surface area contributed by atoms with Gasteiger partial charge in [0.25, 0.3) is 5.91 Å². The molecule has 1 amide bonds. The molecular weight excluding hydrogens is 452 g/mol. The van der Waals surface area contributed by atoms with Crippen molar-refractivity contribution in [3.63, 3.8) is 0 Å². The predicted octanol–water partition coefficient (Wildman–Crippen LogP) is 1.36. The molecule has 2 rings (SSSR count). The predicted molar refractivity (Wildman–Crippen MR) is 139 cm³/mol.